The van der Waals surface area contributed by atoms with Crippen LogP contribution in [-0.4, -0.2) is 37.0 Å². The molecule has 0 heterocycles. The largest absolute Gasteiger partial charge is 0.492 e. The van der Waals surface area contributed by atoms with Crippen molar-refractivity contribution in [1.29, 1.82) is 0 Å². The Kier molecular flexibility index (Phi) is 6.03. The first kappa shape index (κ1) is 17.6. The fourth-order valence-corrected chi connectivity index (χ4v) is 2.12. The van der Waals surface area contributed by atoms with E-state index in [0.29, 0.717) is 35.2 Å². The van der Waals surface area contributed by atoms with Gasteiger partial charge in [-0.15, -0.1) is 0 Å². The van der Waals surface area contributed by atoms with E-state index in [1.807, 2.05) is 0 Å². The van der Waals surface area contributed by atoms with Gasteiger partial charge in [0.05, 0.1) is 6.54 Å². The number of benzene rings is 2. The van der Waals surface area contributed by atoms with Crippen molar-refractivity contribution in [3.8, 4) is 5.75 Å². The molecule has 0 atom stereocenters. The average molecular weight is 348 g/mol. The predicted octanol–water partition coefficient (Wildman–Crippen LogP) is 2.98. The highest BCUT2D eigenvalue weighted by Gasteiger charge is 2.11. The first-order valence-corrected chi connectivity index (χ1v) is 7.64. The topological polar surface area (TPSA) is 84.7 Å². The Morgan fingerprint density at radius 2 is 1.75 bits per heavy atom. The van der Waals surface area contributed by atoms with E-state index in [1.54, 1.807) is 60.5 Å². The average Bonchev–Trinajstić information content (AvgIpc) is 2.56. The number of carbonyl (C=O) groups excluding carboxylic acids is 2. The summed E-state index contributed by atoms with van der Waals surface area (Å²) >= 11 is 5.81. The van der Waals surface area contributed by atoms with Gasteiger partial charge in [-0.1, -0.05) is 11.6 Å². The van der Waals surface area contributed by atoms with Crippen LogP contribution < -0.4 is 15.8 Å². The third-order valence-corrected chi connectivity index (χ3v) is 3.51. The molecule has 0 fully saturated rings. The molecular weight excluding hydrogens is 330 g/mol. The molecule has 0 unspecified atom stereocenters. The Balaban J connectivity index is 1.85. The molecule has 126 valence electrons. The third-order valence-electron chi connectivity index (χ3n) is 3.26. The van der Waals surface area contributed by atoms with Gasteiger partial charge in [-0.2, -0.15) is 0 Å². The molecule has 0 saturated carbocycles. The number of anilines is 1. The molecule has 2 aromatic rings. The van der Waals surface area contributed by atoms with Gasteiger partial charge in [0.25, 0.3) is 5.91 Å². The molecule has 3 N–H and O–H groups in total. The van der Waals surface area contributed by atoms with Crippen LogP contribution in [0.2, 0.25) is 5.02 Å². The van der Waals surface area contributed by atoms with Crippen molar-refractivity contribution in [2.45, 2.75) is 0 Å². The number of hydrogen-bond acceptors (Lipinski definition) is 3. The van der Waals surface area contributed by atoms with Gasteiger partial charge in [-0.25, -0.2) is 4.79 Å². The number of nitrogens with one attached hydrogen (secondary N) is 1. The van der Waals surface area contributed by atoms with Gasteiger partial charge in [-0.05, 0) is 48.5 Å². The number of rotatable bonds is 6. The molecule has 0 aliphatic carbocycles. The van der Waals surface area contributed by atoms with E-state index in [4.69, 9.17) is 22.1 Å². The lowest BCUT2D eigenvalue weighted by Gasteiger charge is -2.17. The van der Waals surface area contributed by atoms with E-state index >= 15 is 0 Å². The summed E-state index contributed by atoms with van der Waals surface area (Å²) in [5, 5.41) is 3.08. The molecule has 0 aromatic heterocycles. The van der Waals surface area contributed by atoms with E-state index in [-0.39, 0.29) is 5.91 Å². The number of amides is 3. The van der Waals surface area contributed by atoms with Gasteiger partial charge < -0.3 is 20.7 Å². The molecule has 0 aliphatic heterocycles. The van der Waals surface area contributed by atoms with E-state index in [2.05, 4.69) is 5.32 Å². The van der Waals surface area contributed by atoms with Gasteiger partial charge >= 0.3 is 6.03 Å². The first-order valence-electron chi connectivity index (χ1n) is 7.26. The molecule has 6 nitrogen and oxygen atoms in total. The summed E-state index contributed by atoms with van der Waals surface area (Å²) in [6, 6.07) is 12.9. The van der Waals surface area contributed by atoms with E-state index in [1.165, 1.54) is 0 Å². The Hall–Kier alpha value is -2.73. The van der Waals surface area contributed by atoms with Crippen molar-refractivity contribution in [3.05, 3.63) is 59.1 Å². The fraction of sp³-hybridized carbons (Fsp3) is 0.176. The number of nitrogens with two attached hydrogens (primary N) is 1. The number of hydrogen-bond donors (Lipinski definition) is 2. The van der Waals surface area contributed by atoms with Crippen LogP contribution in [0.3, 0.4) is 0 Å². The second kappa shape index (κ2) is 8.21. The molecule has 24 heavy (non-hydrogen) atoms. The maximum atomic E-state index is 12.3. The number of halogens is 1. The molecule has 7 heteroatoms. The minimum atomic E-state index is -0.648. The number of nitrogens with zero attached hydrogens (tertiary/aromatic N) is 1. The zero-order valence-electron chi connectivity index (χ0n) is 13.2. The second-order valence-corrected chi connectivity index (χ2v) is 5.53. The highest BCUT2D eigenvalue weighted by atomic mass is 35.5. The lowest BCUT2D eigenvalue weighted by atomic mass is 10.2. The lowest BCUT2D eigenvalue weighted by molar-refractivity contribution is 0.0774. The van der Waals surface area contributed by atoms with Crippen LogP contribution >= 0.6 is 11.6 Å². The molecule has 0 saturated heterocycles. The Morgan fingerprint density at radius 3 is 2.33 bits per heavy atom. The van der Waals surface area contributed by atoms with Crippen molar-refractivity contribution < 1.29 is 14.3 Å². The summed E-state index contributed by atoms with van der Waals surface area (Å²) in [4.78, 5) is 24.6. The molecule has 2 aromatic carbocycles. The zero-order chi connectivity index (χ0) is 17.5. The number of primary amides is 1. The van der Waals surface area contributed by atoms with Crippen LogP contribution in [0.4, 0.5) is 10.5 Å². The van der Waals surface area contributed by atoms with Crippen molar-refractivity contribution >= 4 is 29.2 Å². The summed E-state index contributed by atoms with van der Waals surface area (Å²) in [6.07, 6.45) is 0. The Labute approximate surface area is 145 Å². The number of likely N-dealkylation sites (N-methyl/N-ethyl adjacent to an activating group) is 1. The summed E-state index contributed by atoms with van der Waals surface area (Å²) in [5.41, 5.74) is 6.08. The van der Waals surface area contributed by atoms with Crippen molar-refractivity contribution in [3.63, 3.8) is 0 Å². The quantitative estimate of drug-likeness (QED) is 0.842. The van der Waals surface area contributed by atoms with Crippen LogP contribution in [0.25, 0.3) is 0 Å². The predicted molar refractivity (Wildman–Crippen MR) is 93.6 cm³/mol. The SMILES string of the molecule is CN(CCOc1ccc(Cl)cc1)C(=O)c1ccc(NC(N)=O)cc1. The maximum absolute atomic E-state index is 12.3. The number of ether oxygens (including phenoxy) is 1. The third kappa shape index (κ3) is 5.17. The summed E-state index contributed by atoms with van der Waals surface area (Å²) in [6.45, 7) is 0.800. The minimum Gasteiger partial charge on any atom is -0.492 e. The Morgan fingerprint density at radius 1 is 1.12 bits per heavy atom. The molecular formula is C17H18ClN3O3. The van der Waals surface area contributed by atoms with Crippen LogP contribution in [0.1, 0.15) is 10.4 Å². The molecule has 0 spiro atoms. The first-order chi connectivity index (χ1) is 11.5. The van der Waals surface area contributed by atoms with Crippen LogP contribution in [0.5, 0.6) is 5.75 Å². The lowest BCUT2D eigenvalue weighted by Crippen LogP contribution is -2.30. The molecule has 2 rings (SSSR count). The maximum Gasteiger partial charge on any atom is 0.316 e. The van der Waals surface area contributed by atoms with E-state index in [0.717, 1.165) is 0 Å². The van der Waals surface area contributed by atoms with Crippen LogP contribution in [0.15, 0.2) is 48.5 Å². The number of carbonyl (C=O) groups is 2. The number of urea groups is 1. The van der Waals surface area contributed by atoms with E-state index in [9.17, 15) is 9.59 Å². The standard InChI is InChI=1S/C17H18ClN3O3/c1-21(10-11-24-15-8-4-13(18)5-9-15)16(22)12-2-6-14(7-3-12)20-17(19)23/h2-9H,10-11H2,1H3,(H3,19,20,23). The normalized spacial score (nSPS) is 10.1. The van der Waals surface area contributed by atoms with Crippen LogP contribution in [0, 0.1) is 0 Å². The monoisotopic (exact) mass is 347 g/mol. The molecule has 0 radical (unpaired) electrons. The highest BCUT2D eigenvalue weighted by molar-refractivity contribution is 6.30. The highest BCUT2D eigenvalue weighted by Crippen LogP contribution is 2.15. The molecule has 0 aliphatic rings. The molecule has 3 amide bonds. The second-order valence-electron chi connectivity index (χ2n) is 5.10. The van der Waals surface area contributed by atoms with Crippen molar-refractivity contribution in [2.24, 2.45) is 5.73 Å². The van der Waals surface area contributed by atoms with E-state index < -0.39 is 6.03 Å². The summed E-state index contributed by atoms with van der Waals surface area (Å²) in [5.74, 6) is 0.558. The zero-order valence-corrected chi connectivity index (χ0v) is 13.9. The Bertz CT molecular complexity index is 702. The van der Waals surface area contributed by atoms with Gasteiger partial charge in [0, 0.05) is 23.3 Å². The molecule has 0 bridgehead atoms. The summed E-state index contributed by atoms with van der Waals surface area (Å²) in [7, 11) is 1.70. The van der Waals surface area contributed by atoms with Crippen molar-refractivity contribution in [2.75, 3.05) is 25.5 Å². The minimum absolute atomic E-state index is 0.139. The van der Waals surface area contributed by atoms with Gasteiger partial charge in [0.1, 0.15) is 12.4 Å². The smallest absolute Gasteiger partial charge is 0.316 e. The summed E-state index contributed by atoms with van der Waals surface area (Å²) < 4.78 is 5.57. The van der Waals surface area contributed by atoms with Gasteiger partial charge in [0.15, 0.2) is 0 Å². The van der Waals surface area contributed by atoms with Crippen molar-refractivity contribution in [1.82, 2.24) is 4.90 Å². The van der Waals surface area contributed by atoms with Gasteiger partial charge in [-0.3, -0.25) is 4.79 Å². The fourth-order valence-electron chi connectivity index (χ4n) is 1.99. The van der Waals surface area contributed by atoms with Gasteiger partial charge in [0.2, 0.25) is 0 Å². The van der Waals surface area contributed by atoms with Crippen LogP contribution in [-0.2, 0) is 0 Å².